The Balaban J connectivity index is 2.13. The number of carbonyl (C=O) groups is 1. The largest absolute Gasteiger partial charge is 0.463 e. The second kappa shape index (κ2) is 8.05. The Bertz CT molecular complexity index is 585. The van der Waals surface area contributed by atoms with E-state index in [1.54, 1.807) is 0 Å². The zero-order valence-corrected chi connectivity index (χ0v) is 12.3. The Morgan fingerprint density at radius 1 is 1.00 bits per heavy atom. The third-order valence-electron chi connectivity index (χ3n) is 3.20. The van der Waals surface area contributed by atoms with E-state index in [4.69, 9.17) is 4.74 Å². The fourth-order valence-corrected chi connectivity index (χ4v) is 2.13. The normalized spacial score (nSPS) is 11.2. The van der Waals surface area contributed by atoms with Crippen molar-refractivity contribution >= 4 is 12.0 Å². The molecule has 0 bridgehead atoms. The van der Waals surface area contributed by atoms with Gasteiger partial charge in [0.15, 0.2) is 0 Å². The van der Waals surface area contributed by atoms with Gasteiger partial charge in [0.25, 0.3) is 0 Å². The first kappa shape index (κ1) is 15.0. The number of aryl methyl sites for hydroxylation is 1. The molecular formula is C19H20O2. The van der Waals surface area contributed by atoms with Crippen LogP contribution in [0.1, 0.15) is 24.5 Å². The minimum atomic E-state index is -0.225. The summed E-state index contributed by atoms with van der Waals surface area (Å²) in [6.45, 7) is 2.23. The summed E-state index contributed by atoms with van der Waals surface area (Å²) in [5, 5.41) is 0. The Hall–Kier alpha value is -2.35. The van der Waals surface area contributed by atoms with Crippen LogP contribution in [-0.4, -0.2) is 12.6 Å². The first-order valence-corrected chi connectivity index (χ1v) is 7.26. The SMILES string of the molecule is CCOC(=O)/C(=C\c1ccccc1)CCc1ccccc1. The van der Waals surface area contributed by atoms with Gasteiger partial charge in [-0.2, -0.15) is 0 Å². The van der Waals surface area contributed by atoms with Crippen molar-refractivity contribution in [2.75, 3.05) is 6.61 Å². The molecule has 108 valence electrons. The van der Waals surface area contributed by atoms with E-state index in [1.165, 1.54) is 5.56 Å². The lowest BCUT2D eigenvalue weighted by Crippen LogP contribution is -2.08. The van der Waals surface area contributed by atoms with Crippen LogP contribution in [0.4, 0.5) is 0 Å². The summed E-state index contributed by atoms with van der Waals surface area (Å²) in [5.74, 6) is -0.225. The summed E-state index contributed by atoms with van der Waals surface area (Å²) < 4.78 is 5.16. The quantitative estimate of drug-likeness (QED) is 0.583. The van der Waals surface area contributed by atoms with E-state index in [0.717, 1.165) is 12.0 Å². The van der Waals surface area contributed by atoms with E-state index in [9.17, 15) is 4.79 Å². The predicted molar refractivity (Wildman–Crippen MR) is 85.8 cm³/mol. The molecule has 0 spiro atoms. The molecule has 2 rings (SSSR count). The van der Waals surface area contributed by atoms with Gasteiger partial charge in [-0.15, -0.1) is 0 Å². The predicted octanol–water partition coefficient (Wildman–Crippen LogP) is 4.27. The van der Waals surface area contributed by atoms with Crippen molar-refractivity contribution in [3.63, 3.8) is 0 Å². The third kappa shape index (κ3) is 4.92. The molecule has 0 aliphatic carbocycles. The fraction of sp³-hybridized carbons (Fsp3) is 0.211. The molecule has 2 aromatic rings. The van der Waals surface area contributed by atoms with Crippen molar-refractivity contribution in [3.8, 4) is 0 Å². The van der Waals surface area contributed by atoms with E-state index in [2.05, 4.69) is 12.1 Å². The average molecular weight is 280 g/mol. The molecule has 2 nitrogen and oxygen atoms in total. The Morgan fingerprint density at radius 3 is 2.24 bits per heavy atom. The molecule has 0 aliphatic heterocycles. The molecule has 0 saturated carbocycles. The molecule has 0 aromatic heterocycles. The number of hydrogen-bond donors (Lipinski definition) is 0. The van der Waals surface area contributed by atoms with E-state index < -0.39 is 0 Å². The maximum atomic E-state index is 12.1. The van der Waals surface area contributed by atoms with E-state index in [0.29, 0.717) is 18.6 Å². The minimum Gasteiger partial charge on any atom is -0.463 e. The summed E-state index contributed by atoms with van der Waals surface area (Å²) in [4.78, 5) is 12.1. The monoisotopic (exact) mass is 280 g/mol. The Kier molecular flexibility index (Phi) is 5.77. The molecule has 0 fully saturated rings. The molecule has 0 unspecified atom stereocenters. The van der Waals surface area contributed by atoms with Crippen molar-refractivity contribution < 1.29 is 9.53 Å². The molecule has 0 saturated heterocycles. The van der Waals surface area contributed by atoms with Crippen molar-refractivity contribution in [2.24, 2.45) is 0 Å². The van der Waals surface area contributed by atoms with Crippen LogP contribution < -0.4 is 0 Å². The highest BCUT2D eigenvalue weighted by Gasteiger charge is 2.10. The first-order valence-electron chi connectivity index (χ1n) is 7.26. The topological polar surface area (TPSA) is 26.3 Å². The maximum absolute atomic E-state index is 12.1. The number of carbonyl (C=O) groups excluding carboxylic acids is 1. The van der Waals surface area contributed by atoms with Crippen molar-refractivity contribution in [1.29, 1.82) is 0 Å². The van der Waals surface area contributed by atoms with E-state index >= 15 is 0 Å². The summed E-state index contributed by atoms with van der Waals surface area (Å²) in [6.07, 6.45) is 3.43. The standard InChI is InChI=1S/C19H20O2/c1-2-21-19(20)18(15-17-11-7-4-8-12-17)14-13-16-9-5-3-6-10-16/h3-12,15H,2,13-14H2,1H3/b18-15-. The first-order chi connectivity index (χ1) is 10.3. The zero-order chi connectivity index (χ0) is 14.9. The van der Waals surface area contributed by atoms with Crippen LogP contribution in [-0.2, 0) is 16.0 Å². The van der Waals surface area contributed by atoms with Gasteiger partial charge in [0, 0.05) is 5.57 Å². The molecule has 2 aromatic carbocycles. The number of rotatable bonds is 6. The highest BCUT2D eigenvalue weighted by atomic mass is 16.5. The van der Waals surface area contributed by atoms with Crippen LogP contribution in [0.3, 0.4) is 0 Å². The molecule has 0 heterocycles. The maximum Gasteiger partial charge on any atom is 0.334 e. The summed E-state index contributed by atoms with van der Waals surface area (Å²) in [5.41, 5.74) is 2.96. The van der Waals surface area contributed by atoms with Crippen LogP contribution in [0.2, 0.25) is 0 Å². The van der Waals surface area contributed by atoms with E-state index in [1.807, 2.05) is 61.5 Å². The molecule has 2 heteroatoms. The number of hydrogen-bond acceptors (Lipinski definition) is 2. The minimum absolute atomic E-state index is 0.225. The fourth-order valence-electron chi connectivity index (χ4n) is 2.13. The van der Waals surface area contributed by atoms with Crippen LogP contribution in [0.5, 0.6) is 0 Å². The Labute approximate surface area is 126 Å². The second-order valence-corrected chi connectivity index (χ2v) is 4.79. The van der Waals surface area contributed by atoms with Crippen molar-refractivity contribution in [2.45, 2.75) is 19.8 Å². The smallest absolute Gasteiger partial charge is 0.334 e. The van der Waals surface area contributed by atoms with Crippen molar-refractivity contribution in [1.82, 2.24) is 0 Å². The average Bonchev–Trinajstić information content (AvgIpc) is 2.53. The lowest BCUT2D eigenvalue weighted by atomic mass is 10.0. The molecule has 0 N–H and O–H groups in total. The third-order valence-corrected chi connectivity index (χ3v) is 3.20. The summed E-state index contributed by atoms with van der Waals surface area (Å²) >= 11 is 0. The van der Waals surface area contributed by atoms with Gasteiger partial charge in [-0.25, -0.2) is 4.79 Å². The van der Waals surface area contributed by atoms with Gasteiger partial charge in [-0.05, 0) is 37.0 Å². The zero-order valence-electron chi connectivity index (χ0n) is 12.3. The van der Waals surface area contributed by atoms with Crippen LogP contribution in [0.15, 0.2) is 66.2 Å². The number of ether oxygens (including phenoxy) is 1. The van der Waals surface area contributed by atoms with Gasteiger partial charge in [0.05, 0.1) is 6.61 Å². The van der Waals surface area contributed by atoms with E-state index in [-0.39, 0.29) is 5.97 Å². The summed E-state index contributed by atoms with van der Waals surface area (Å²) in [7, 11) is 0. The van der Waals surface area contributed by atoms with Crippen LogP contribution >= 0.6 is 0 Å². The summed E-state index contributed by atoms with van der Waals surface area (Å²) in [6, 6.07) is 20.0. The molecule has 0 atom stereocenters. The Morgan fingerprint density at radius 2 is 1.62 bits per heavy atom. The molecule has 0 radical (unpaired) electrons. The number of benzene rings is 2. The highest BCUT2D eigenvalue weighted by molar-refractivity contribution is 5.93. The second-order valence-electron chi connectivity index (χ2n) is 4.79. The lowest BCUT2D eigenvalue weighted by molar-refractivity contribution is -0.138. The van der Waals surface area contributed by atoms with Gasteiger partial charge in [-0.1, -0.05) is 60.7 Å². The van der Waals surface area contributed by atoms with Gasteiger partial charge in [0.1, 0.15) is 0 Å². The number of esters is 1. The molecular weight excluding hydrogens is 260 g/mol. The highest BCUT2D eigenvalue weighted by Crippen LogP contribution is 2.15. The molecule has 0 amide bonds. The van der Waals surface area contributed by atoms with Crippen LogP contribution in [0.25, 0.3) is 6.08 Å². The van der Waals surface area contributed by atoms with Gasteiger partial charge in [0.2, 0.25) is 0 Å². The van der Waals surface area contributed by atoms with Crippen LogP contribution in [0, 0.1) is 0 Å². The molecule has 0 aliphatic rings. The molecule has 21 heavy (non-hydrogen) atoms. The van der Waals surface area contributed by atoms with Crippen molar-refractivity contribution in [3.05, 3.63) is 77.4 Å². The van der Waals surface area contributed by atoms with Gasteiger partial charge in [-0.3, -0.25) is 0 Å². The lowest BCUT2D eigenvalue weighted by Gasteiger charge is -2.07. The van der Waals surface area contributed by atoms with Gasteiger partial charge >= 0.3 is 5.97 Å². The van der Waals surface area contributed by atoms with Gasteiger partial charge < -0.3 is 4.74 Å².